The minimum Gasteiger partial charge on any atom is -0.467 e. The van der Waals surface area contributed by atoms with Gasteiger partial charge in [0.15, 0.2) is 5.82 Å². The zero-order valence-corrected chi connectivity index (χ0v) is 20.7. The lowest BCUT2D eigenvalue weighted by Crippen LogP contribution is -2.45. The minimum atomic E-state index is -0.760. The summed E-state index contributed by atoms with van der Waals surface area (Å²) in [5, 5.41) is 3.09. The van der Waals surface area contributed by atoms with Crippen LogP contribution in [0.15, 0.2) is 36.5 Å². The molecule has 2 amide bonds. The van der Waals surface area contributed by atoms with Gasteiger partial charge in [-0.1, -0.05) is 35.3 Å². The van der Waals surface area contributed by atoms with Crippen LogP contribution in [0.5, 0.6) is 5.88 Å². The smallest absolute Gasteiger partial charge is 0.258 e. The van der Waals surface area contributed by atoms with Crippen LogP contribution in [-0.2, 0) is 15.0 Å². The van der Waals surface area contributed by atoms with E-state index in [-0.39, 0.29) is 33.2 Å². The molecule has 1 fully saturated rings. The van der Waals surface area contributed by atoms with Crippen LogP contribution >= 0.6 is 23.2 Å². The van der Waals surface area contributed by atoms with E-state index in [2.05, 4.69) is 15.3 Å². The van der Waals surface area contributed by atoms with Crippen LogP contribution in [0.4, 0.5) is 15.9 Å². The number of carbonyl (C=O) groups excluding carboxylic acids is 2. The first-order valence-electron chi connectivity index (χ1n) is 11.3. The number of anilines is 2. The van der Waals surface area contributed by atoms with Crippen LogP contribution in [0.1, 0.15) is 37.0 Å². The molecular formula is C25H22Cl2FN5O3. The highest BCUT2D eigenvalue weighted by Gasteiger charge is 2.48. The summed E-state index contributed by atoms with van der Waals surface area (Å²) in [7, 11) is 0. The fourth-order valence-corrected chi connectivity index (χ4v) is 5.52. The molecule has 0 radical (unpaired) electrons. The molecular weight excluding hydrogens is 508 g/mol. The number of nitrogens with one attached hydrogen (secondary N) is 1. The molecule has 1 spiro atoms. The number of aromatic nitrogens is 2. The van der Waals surface area contributed by atoms with Crippen LogP contribution in [0.3, 0.4) is 0 Å². The van der Waals surface area contributed by atoms with Crippen LogP contribution in [0.2, 0.25) is 10.0 Å². The summed E-state index contributed by atoms with van der Waals surface area (Å²) in [5.41, 5.74) is 8.40. The van der Waals surface area contributed by atoms with Crippen molar-refractivity contribution >= 4 is 47.0 Å². The van der Waals surface area contributed by atoms with Gasteiger partial charge in [0.25, 0.3) is 5.88 Å². The number of amides is 2. The third-order valence-electron chi connectivity index (χ3n) is 6.86. The Balaban J connectivity index is 1.43. The summed E-state index contributed by atoms with van der Waals surface area (Å²) in [6, 6.07) is 8.19. The number of carbonyl (C=O) groups is 2. The summed E-state index contributed by atoms with van der Waals surface area (Å²) >= 11 is 12.3. The van der Waals surface area contributed by atoms with Crippen molar-refractivity contribution in [2.24, 2.45) is 0 Å². The molecule has 0 unspecified atom stereocenters. The average Bonchev–Trinajstić information content (AvgIpc) is 3.13. The number of halogens is 3. The Kier molecular flexibility index (Phi) is 6.22. The summed E-state index contributed by atoms with van der Waals surface area (Å²) < 4.78 is 19.9. The molecule has 3 aromatic rings. The van der Waals surface area contributed by atoms with Gasteiger partial charge in [-0.05, 0) is 43.5 Å². The van der Waals surface area contributed by atoms with E-state index in [1.165, 1.54) is 18.3 Å². The molecule has 3 heterocycles. The molecule has 0 saturated carbocycles. The zero-order chi connectivity index (χ0) is 25.6. The minimum absolute atomic E-state index is 0.0404. The molecule has 36 heavy (non-hydrogen) atoms. The van der Waals surface area contributed by atoms with Gasteiger partial charge >= 0.3 is 0 Å². The molecule has 0 bridgehead atoms. The number of ether oxygens (including phenoxy) is 1. The van der Waals surface area contributed by atoms with Gasteiger partial charge in [-0.3, -0.25) is 9.59 Å². The first-order chi connectivity index (χ1) is 17.2. The number of nitrogen functional groups attached to an aromatic ring is 1. The van der Waals surface area contributed by atoms with Gasteiger partial charge in [0.2, 0.25) is 12.3 Å². The van der Waals surface area contributed by atoms with Crippen molar-refractivity contribution in [2.75, 3.05) is 24.1 Å². The first-order valence-corrected chi connectivity index (χ1v) is 12.1. The number of hydrogen-bond acceptors (Lipinski definition) is 6. The Morgan fingerprint density at radius 2 is 2.00 bits per heavy atom. The van der Waals surface area contributed by atoms with E-state index < -0.39 is 17.3 Å². The van der Waals surface area contributed by atoms with E-state index in [9.17, 15) is 14.0 Å². The Hall–Kier alpha value is -3.43. The third kappa shape index (κ3) is 4.02. The second-order valence-electron chi connectivity index (χ2n) is 8.90. The molecule has 2 aliphatic rings. The SMILES string of the molecule is C[C@@H](Oc1nc(-c2ccc3c(c2)NC(=O)C32CCN(C=O)CC2)cnc1N)c1c(Cl)ccc(F)c1Cl. The first kappa shape index (κ1) is 24.3. The summed E-state index contributed by atoms with van der Waals surface area (Å²) in [5.74, 6) is -0.595. The predicted molar refractivity (Wildman–Crippen MR) is 135 cm³/mol. The maximum Gasteiger partial charge on any atom is 0.258 e. The number of benzene rings is 2. The van der Waals surface area contributed by atoms with E-state index in [1.54, 1.807) is 11.8 Å². The summed E-state index contributed by atoms with van der Waals surface area (Å²) in [6.07, 6.45) is 2.69. The van der Waals surface area contributed by atoms with Crippen molar-refractivity contribution in [3.63, 3.8) is 0 Å². The number of hydrogen-bond donors (Lipinski definition) is 2. The molecule has 3 N–H and O–H groups in total. The van der Waals surface area contributed by atoms with Crippen molar-refractivity contribution in [1.29, 1.82) is 0 Å². The highest BCUT2D eigenvalue weighted by molar-refractivity contribution is 6.36. The molecule has 1 aromatic heterocycles. The summed E-state index contributed by atoms with van der Waals surface area (Å²) in [6.45, 7) is 2.71. The normalized spacial score (nSPS) is 17.0. The van der Waals surface area contributed by atoms with Gasteiger partial charge in [0, 0.05) is 34.9 Å². The number of rotatable bonds is 5. The van der Waals surface area contributed by atoms with Crippen molar-refractivity contribution in [1.82, 2.24) is 14.9 Å². The highest BCUT2D eigenvalue weighted by Crippen LogP contribution is 2.46. The maximum atomic E-state index is 14.0. The number of fused-ring (bicyclic) bond motifs is 2. The topological polar surface area (TPSA) is 110 Å². The molecule has 2 aliphatic heterocycles. The van der Waals surface area contributed by atoms with E-state index in [0.717, 1.165) is 12.0 Å². The number of likely N-dealkylation sites (tertiary alicyclic amines) is 1. The Morgan fingerprint density at radius 1 is 1.25 bits per heavy atom. The van der Waals surface area contributed by atoms with Crippen molar-refractivity contribution in [2.45, 2.75) is 31.3 Å². The monoisotopic (exact) mass is 529 g/mol. The van der Waals surface area contributed by atoms with Crippen molar-refractivity contribution in [3.05, 3.63) is 63.5 Å². The molecule has 11 heteroatoms. The second-order valence-corrected chi connectivity index (χ2v) is 9.69. The van der Waals surface area contributed by atoms with Crippen LogP contribution in [0, 0.1) is 5.82 Å². The van der Waals surface area contributed by atoms with Crippen molar-refractivity contribution < 1.29 is 18.7 Å². The van der Waals surface area contributed by atoms with E-state index in [4.69, 9.17) is 33.7 Å². The fraction of sp³-hybridized carbons (Fsp3) is 0.280. The van der Waals surface area contributed by atoms with E-state index in [0.29, 0.717) is 42.9 Å². The molecule has 5 rings (SSSR count). The number of piperidine rings is 1. The van der Waals surface area contributed by atoms with Gasteiger partial charge < -0.3 is 20.7 Å². The van der Waals surface area contributed by atoms with Gasteiger partial charge in [-0.25, -0.2) is 14.4 Å². The van der Waals surface area contributed by atoms with Gasteiger partial charge in [-0.2, -0.15) is 0 Å². The molecule has 1 saturated heterocycles. The lowest BCUT2D eigenvalue weighted by atomic mass is 9.73. The van der Waals surface area contributed by atoms with Crippen molar-refractivity contribution in [3.8, 4) is 17.1 Å². The van der Waals surface area contributed by atoms with Gasteiger partial charge in [-0.15, -0.1) is 0 Å². The van der Waals surface area contributed by atoms with Crippen LogP contribution in [-0.4, -0.2) is 40.3 Å². The maximum absolute atomic E-state index is 14.0. The lowest BCUT2D eigenvalue weighted by molar-refractivity contribution is -0.126. The molecule has 1 atom stereocenters. The average molecular weight is 530 g/mol. The Bertz CT molecular complexity index is 1380. The van der Waals surface area contributed by atoms with Gasteiger partial charge in [0.05, 0.1) is 22.3 Å². The van der Waals surface area contributed by atoms with Crippen LogP contribution in [0.25, 0.3) is 11.3 Å². The predicted octanol–water partition coefficient (Wildman–Crippen LogP) is 4.75. The largest absolute Gasteiger partial charge is 0.467 e. The standard InChI is InChI=1S/C25H22Cl2FN5O3/c1-13(20-16(26)4-5-17(28)21(20)27)36-23-22(29)30-11-19(31-23)14-2-3-15-18(10-14)32-24(35)25(15)6-8-33(12-34)9-7-25/h2-5,10-13H,6-9H2,1H3,(H2,29,30)(H,32,35)/t13-/m1/s1. The fourth-order valence-electron chi connectivity index (χ4n) is 4.85. The van der Waals surface area contributed by atoms with E-state index >= 15 is 0 Å². The third-order valence-corrected chi connectivity index (χ3v) is 7.57. The number of nitrogens with two attached hydrogens (primary N) is 1. The molecule has 0 aliphatic carbocycles. The molecule has 186 valence electrons. The molecule has 8 nitrogen and oxygen atoms in total. The Labute approximate surface area is 216 Å². The van der Waals surface area contributed by atoms with Crippen LogP contribution < -0.4 is 15.8 Å². The summed E-state index contributed by atoms with van der Waals surface area (Å²) in [4.78, 5) is 34.4. The zero-order valence-electron chi connectivity index (χ0n) is 19.2. The Morgan fingerprint density at radius 3 is 2.72 bits per heavy atom. The molecule has 2 aromatic carbocycles. The lowest BCUT2D eigenvalue weighted by Gasteiger charge is -2.36. The number of nitrogens with zero attached hydrogens (tertiary/aromatic N) is 3. The van der Waals surface area contributed by atoms with E-state index in [1.807, 2.05) is 18.2 Å². The highest BCUT2D eigenvalue weighted by atomic mass is 35.5. The quantitative estimate of drug-likeness (QED) is 0.364. The second kappa shape index (κ2) is 9.22. The van der Waals surface area contributed by atoms with Gasteiger partial charge in [0.1, 0.15) is 11.9 Å².